The maximum absolute atomic E-state index is 12.3. The van der Waals surface area contributed by atoms with Gasteiger partial charge in [-0.25, -0.2) is 14.3 Å². The van der Waals surface area contributed by atoms with Gasteiger partial charge in [-0.1, -0.05) is 50.2 Å². The largest absolute Gasteiger partial charge is 0.452 e. The van der Waals surface area contributed by atoms with E-state index in [1.807, 2.05) is 42.5 Å². The third-order valence-electron chi connectivity index (χ3n) is 3.74. The summed E-state index contributed by atoms with van der Waals surface area (Å²) in [5.41, 5.74) is 3.64. The first-order valence-electron chi connectivity index (χ1n) is 7.28. The minimum Gasteiger partial charge on any atom is -0.452 e. The molecule has 0 saturated heterocycles. The molecular weight excluding hydrogens is 276 g/mol. The highest BCUT2D eigenvalue weighted by molar-refractivity contribution is 5.92. The van der Waals surface area contributed by atoms with E-state index in [0.29, 0.717) is 11.7 Å². The standard InChI is InChI=1S/C18H18N2O2/c1-12(2)13-8-4-5-9-14(13)17-19-15-10-6-7-11-16(15)20(17)18(21)22-3/h4-12H,1-3H3. The Morgan fingerprint density at radius 2 is 1.77 bits per heavy atom. The third-order valence-corrected chi connectivity index (χ3v) is 3.74. The van der Waals surface area contributed by atoms with Crippen molar-refractivity contribution in [3.05, 3.63) is 54.1 Å². The first-order chi connectivity index (χ1) is 10.6. The van der Waals surface area contributed by atoms with E-state index < -0.39 is 6.09 Å². The fraction of sp³-hybridized carbons (Fsp3) is 0.222. The number of carbonyl (C=O) groups excluding carboxylic acids is 1. The lowest BCUT2D eigenvalue weighted by atomic mass is 9.97. The highest BCUT2D eigenvalue weighted by atomic mass is 16.5. The molecule has 0 N–H and O–H groups in total. The van der Waals surface area contributed by atoms with Crippen LogP contribution in [-0.2, 0) is 4.74 Å². The van der Waals surface area contributed by atoms with Crippen molar-refractivity contribution in [2.24, 2.45) is 0 Å². The predicted molar refractivity (Wildman–Crippen MR) is 87.1 cm³/mol. The molecule has 2 aromatic carbocycles. The van der Waals surface area contributed by atoms with Crippen LogP contribution >= 0.6 is 0 Å². The molecule has 112 valence electrons. The lowest BCUT2D eigenvalue weighted by Gasteiger charge is -2.13. The number of carbonyl (C=O) groups is 1. The van der Waals surface area contributed by atoms with Crippen LogP contribution in [0.15, 0.2) is 48.5 Å². The molecule has 1 aromatic heterocycles. The minimum atomic E-state index is -0.428. The predicted octanol–water partition coefficient (Wildman–Crippen LogP) is 4.44. The van der Waals surface area contributed by atoms with E-state index in [2.05, 4.69) is 24.9 Å². The van der Waals surface area contributed by atoms with Crippen molar-refractivity contribution >= 4 is 17.1 Å². The van der Waals surface area contributed by atoms with Gasteiger partial charge in [-0.2, -0.15) is 0 Å². The summed E-state index contributed by atoms with van der Waals surface area (Å²) in [6.45, 7) is 4.26. The van der Waals surface area contributed by atoms with E-state index in [-0.39, 0.29) is 0 Å². The summed E-state index contributed by atoms with van der Waals surface area (Å²) in [7, 11) is 1.38. The van der Waals surface area contributed by atoms with Crippen LogP contribution in [0.5, 0.6) is 0 Å². The summed E-state index contributed by atoms with van der Waals surface area (Å²) in [6.07, 6.45) is -0.428. The highest BCUT2D eigenvalue weighted by Gasteiger charge is 2.20. The molecule has 3 aromatic rings. The van der Waals surface area contributed by atoms with Gasteiger partial charge in [-0.05, 0) is 23.6 Å². The zero-order chi connectivity index (χ0) is 15.7. The van der Waals surface area contributed by atoms with Gasteiger partial charge >= 0.3 is 6.09 Å². The molecule has 0 spiro atoms. The number of aromatic nitrogens is 2. The Labute approximate surface area is 129 Å². The van der Waals surface area contributed by atoms with Gasteiger partial charge in [0.15, 0.2) is 5.82 Å². The number of ether oxygens (including phenoxy) is 1. The zero-order valence-electron chi connectivity index (χ0n) is 12.9. The Morgan fingerprint density at radius 1 is 1.09 bits per heavy atom. The number of benzene rings is 2. The first-order valence-corrected chi connectivity index (χ1v) is 7.28. The van der Waals surface area contributed by atoms with Crippen LogP contribution in [0.3, 0.4) is 0 Å². The molecule has 0 aliphatic rings. The van der Waals surface area contributed by atoms with Crippen molar-refractivity contribution < 1.29 is 9.53 Å². The second-order valence-electron chi connectivity index (χ2n) is 5.47. The number of rotatable bonds is 2. The van der Waals surface area contributed by atoms with Crippen molar-refractivity contribution in [2.75, 3.05) is 7.11 Å². The second-order valence-corrected chi connectivity index (χ2v) is 5.47. The number of imidazole rings is 1. The molecule has 3 rings (SSSR count). The second kappa shape index (κ2) is 5.64. The van der Waals surface area contributed by atoms with Crippen molar-refractivity contribution in [1.82, 2.24) is 9.55 Å². The average molecular weight is 294 g/mol. The number of fused-ring (bicyclic) bond motifs is 1. The molecule has 0 fully saturated rings. The van der Waals surface area contributed by atoms with Gasteiger partial charge in [0.1, 0.15) is 0 Å². The summed E-state index contributed by atoms with van der Waals surface area (Å²) in [4.78, 5) is 16.9. The quantitative estimate of drug-likeness (QED) is 0.701. The van der Waals surface area contributed by atoms with Crippen LogP contribution in [0.25, 0.3) is 22.4 Å². The maximum atomic E-state index is 12.3. The summed E-state index contributed by atoms with van der Waals surface area (Å²) in [5.74, 6) is 0.958. The zero-order valence-corrected chi connectivity index (χ0v) is 12.9. The van der Waals surface area contributed by atoms with E-state index in [9.17, 15) is 4.79 Å². The monoisotopic (exact) mass is 294 g/mol. The average Bonchev–Trinajstić information content (AvgIpc) is 2.93. The molecule has 0 saturated carbocycles. The summed E-state index contributed by atoms with van der Waals surface area (Å²) in [5, 5.41) is 0. The van der Waals surface area contributed by atoms with Gasteiger partial charge in [-0.3, -0.25) is 0 Å². The Balaban J connectivity index is 2.34. The van der Waals surface area contributed by atoms with Crippen molar-refractivity contribution in [1.29, 1.82) is 0 Å². The molecule has 22 heavy (non-hydrogen) atoms. The Morgan fingerprint density at radius 3 is 2.50 bits per heavy atom. The Hall–Kier alpha value is -2.62. The van der Waals surface area contributed by atoms with Crippen LogP contribution in [0.2, 0.25) is 0 Å². The highest BCUT2D eigenvalue weighted by Crippen LogP contribution is 2.31. The van der Waals surface area contributed by atoms with Crippen molar-refractivity contribution in [3.8, 4) is 11.4 Å². The van der Waals surface area contributed by atoms with Gasteiger partial charge < -0.3 is 4.74 Å². The van der Waals surface area contributed by atoms with Gasteiger partial charge in [-0.15, -0.1) is 0 Å². The molecule has 0 radical (unpaired) electrons. The molecule has 0 unspecified atom stereocenters. The van der Waals surface area contributed by atoms with Gasteiger partial charge in [0, 0.05) is 5.56 Å². The van der Waals surface area contributed by atoms with Crippen LogP contribution in [0, 0.1) is 0 Å². The maximum Gasteiger partial charge on any atom is 0.419 e. The molecule has 0 bridgehead atoms. The molecule has 1 heterocycles. The molecular formula is C18H18N2O2. The number of nitrogens with zero attached hydrogens (tertiary/aromatic N) is 2. The van der Waals surface area contributed by atoms with Crippen LogP contribution < -0.4 is 0 Å². The van der Waals surface area contributed by atoms with E-state index in [4.69, 9.17) is 4.74 Å². The molecule has 0 aliphatic heterocycles. The fourth-order valence-electron chi connectivity index (χ4n) is 2.69. The topological polar surface area (TPSA) is 44.1 Å². The van der Waals surface area contributed by atoms with Crippen molar-refractivity contribution in [3.63, 3.8) is 0 Å². The lowest BCUT2D eigenvalue weighted by molar-refractivity contribution is 0.174. The number of hydrogen-bond donors (Lipinski definition) is 0. The molecule has 0 atom stereocenters. The first kappa shape index (κ1) is 14.3. The summed E-state index contributed by atoms with van der Waals surface area (Å²) < 4.78 is 6.49. The minimum absolute atomic E-state index is 0.335. The van der Waals surface area contributed by atoms with Crippen LogP contribution in [-0.4, -0.2) is 22.8 Å². The number of para-hydroxylation sites is 2. The molecule has 4 heteroatoms. The normalized spacial score (nSPS) is 11.1. The SMILES string of the molecule is COC(=O)n1c(-c2ccccc2C(C)C)nc2ccccc21. The summed E-state index contributed by atoms with van der Waals surface area (Å²) >= 11 is 0. The number of methoxy groups -OCH3 is 1. The lowest BCUT2D eigenvalue weighted by Crippen LogP contribution is -2.13. The Kier molecular flexibility index (Phi) is 3.67. The third kappa shape index (κ3) is 2.26. The van der Waals surface area contributed by atoms with Gasteiger partial charge in [0.25, 0.3) is 0 Å². The molecule has 0 amide bonds. The fourth-order valence-corrected chi connectivity index (χ4v) is 2.69. The number of hydrogen-bond acceptors (Lipinski definition) is 3. The van der Waals surface area contributed by atoms with Crippen LogP contribution in [0.4, 0.5) is 4.79 Å². The van der Waals surface area contributed by atoms with Crippen molar-refractivity contribution in [2.45, 2.75) is 19.8 Å². The van der Waals surface area contributed by atoms with E-state index in [1.165, 1.54) is 11.7 Å². The Bertz CT molecular complexity index is 834. The van der Waals surface area contributed by atoms with E-state index in [0.717, 1.165) is 22.2 Å². The van der Waals surface area contributed by atoms with Crippen LogP contribution in [0.1, 0.15) is 25.3 Å². The van der Waals surface area contributed by atoms with Gasteiger partial charge in [0.2, 0.25) is 0 Å². The molecule has 0 aliphatic carbocycles. The summed E-state index contributed by atoms with van der Waals surface area (Å²) in [6, 6.07) is 15.6. The van der Waals surface area contributed by atoms with Gasteiger partial charge in [0.05, 0.1) is 18.1 Å². The molecule has 4 nitrogen and oxygen atoms in total. The van der Waals surface area contributed by atoms with E-state index >= 15 is 0 Å². The van der Waals surface area contributed by atoms with E-state index in [1.54, 1.807) is 0 Å². The smallest absolute Gasteiger partial charge is 0.419 e.